The van der Waals surface area contributed by atoms with Crippen molar-refractivity contribution in [2.24, 2.45) is 5.92 Å². The third-order valence-corrected chi connectivity index (χ3v) is 3.46. The van der Waals surface area contributed by atoms with Crippen LogP contribution in [-0.4, -0.2) is 11.9 Å². The predicted molar refractivity (Wildman–Crippen MR) is 76.6 cm³/mol. The summed E-state index contributed by atoms with van der Waals surface area (Å²) in [5.41, 5.74) is 2.58. The highest BCUT2D eigenvalue weighted by molar-refractivity contribution is 5.76. The van der Waals surface area contributed by atoms with Gasteiger partial charge in [-0.1, -0.05) is 45.0 Å². The Bertz CT molecular complexity index is 367. The van der Waals surface area contributed by atoms with Crippen molar-refractivity contribution < 1.29 is 4.79 Å². The lowest BCUT2D eigenvalue weighted by molar-refractivity contribution is -0.121. The van der Waals surface area contributed by atoms with Crippen molar-refractivity contribution >= 4 is 5.91 Å². The van der Waals surface area contributed by atoms with Crippen LogP contribution >= 0.6 is 0 Å². The van der Waals surface area contributed by atoms with Crippen molar-refractivity contribution in [3.63, 3.8) is 0 Å². The average molecular weight is 247 g/mol. The summed E-state index contributed by atoms with van der Waals surface area (Å²) >= 11 is 0. The fourth-order valence-corrected chi connectivity index (χ4v) is 1.69. The molecule has 0 spiro atoms. The van der Waals surface area contributed by atoms with Crippen LogP contribution in [0.4, 0.5) is 0 Å². The number of carbonyl (C=O) groups is 1. The van der Waals surface area contributed by atoms with Crippen LogP contribution in [0.25, 0.3) is 0 Å². The minimum Gasteiger partial charge on any atom is -0.353 e. The number of nitrogens with one attached hydrogen (secondary N) is 1. The minimum atomic E-state index is 0.149. The van der Waals surface area contributed by atoms with Gasteiger partial charge in [0.15, 0.2) is 0 Å². The molecule has 18 heavy (non-hydrogen) atoms. The van der Waals surface area contributed by atoms with Gasteiger partial charge in [-0.2, -0.15) is 0 Å². The van der Waals surface area contributed by atoms with E-state index in [0.717, 1.165) is 12.8 Å². The molecule has 1 atom stereocenters. The quantitative estimate of drug-likeness (QED) is 0.820. The molecule has 0 aliphatic carbocycles. The molecule has 1 amide bonds. The van der Waals surface area contributed by atoms with Gasteiger partial charge in [0, 0.05) is 12.5 Å². The Labute approximate surface area is 111 Å². The number of carbonyl (C=O) groups excluding carboxylic acids is 1. The average Bonchev–Trinajstić information content (AvgIpc) is 2.36. The molecule has 2 nitrogen and oxygen atoms in total. The molecule has 0 saturated heterocycles. The van der Waals surface area contributed by atoms with Gasteiger partial charge < -0.3 is 5.32 Å². The number of amides is 1. The summed E-state index contributed by atoms with van der Waals surface area (Å²) in [6, 6.07) is 8.78. The predicted octanol–water partition coefficient (Wildman–Crippen LogP) is 3.34. The zero-order valence-corrected chi connectivity index (χ0v) is 12.0. The topological polar surface area (TPSA) is 29.1 Å². The molecule has 0 fully saturated rings. The van der Waals surface area contributed by atoms with Gasteiger partial charge in [-0.3, -0.25) is 4.79 Å². The van der Waals surface area contributed by atoms with Crippen LogP contribution < -0.4 is 5.32 Å². The van der Waals surface area contributed by atoms with Crippen molar-refractivity contribution in [1.29, 1.82) is 0 Å². The van der Waals surface area contributed by atoms with Crippen LogP contribution in [0.2, 0.25) is 0 Å². The summed E-state index contributed by atoms with van der Waals surface area (Å²) < 4.78 is 0. The zero-order valence-electron chi connectivity index (χ0n) is 12.0. The Balaban J connectivity index is 2.37. The van der Waals surface area contributed by atoms with Crippen molar-refractivity contribution in [3.8, 4) is 0 Å². The van der Waals surface area contributed by atoms with E-state index < -0.39 is 0 Å². The molecule has 1 unspecified atom stereocenters. The van der Waals surface area contributed by atoms with Crippen LogP contribution in [-0.2, 0) is 17.6 Å². The Morgan fingerprint density at radius 2 is 1.67 bits per heavy atom. The highest BCUT2D eigenvalue weighted by Crippen LogP contribution is 2.08. The maximum Gasteiger partial charge on any atom is 0.220 e. The molecule has 1 aromatic rings. The van der Waals surface area contributed by atoms with E-state index in [1.54, 1.807) is 0 Å². The maximum absolute atomic E-state index is 11.7. The Morgan fingerprint density at radius 1 is 1.11 bits per heavy atom. The van der Waals surface area contributed by atoms with Gasteiger partial charge in [0.05, 0.1) is 0 Å². The molecule has 0 aliphatic heterocycles. The zero-order chi connectivity index (χ0) is 13.5. The monoisotopic (exact) mass is 247 g/mol. The van der Waals surface area contributed by atoms with E-state index in [-0.39, 0.29) is 11.9 Å². The highest BCUT2D eigenvalue weighted by atomic mass is 16.1. The molecule has 0 aromatic heterocycles. The van der Waals surface area contributed by atoms with Crippen molar-refractivity contribution in [1.82, 2.24) is 5.32 Å². The molecule has 0 saturated carbocycles. The van der Waals surface area contributed by atoms with Crippen molar-refractivity contribution in [3.05, 3.63) is 35.4 Å². The highest BCUT2D eigenvalue weighted by Gasteiger charge is 2.10. The van der Waals surface area contributed by atoms with Gasteiger partial charge in [-0.05, 0) is 36.8 Å². The van der Waals surface area contributed by atoms with Crippen molar-refractivity contribution in [2.45, 2.75) is 53.0 Å². The molecule has 0 bridgehead atoms. The summed E-state index contributed by atoms with van der Waals surface area (Å²) in [5, 5.41) is 3.03. The number of benzene rings is 1. The standard InChI is InChI=1S/C16H25NO/c1-5-14-6-8-15(9-7-14)10-11-16(18)17-13(4)12(2)3/h6-9,12-13H,5,10-11H2,1-4H3,(H,17,18). The van der Waals surface area contributed by atoms with Crippen LogP contribution in [0.5, 0.6) is 0 Å². The SMILES string of the molecule is CCc1ccc(CCC(=O)NC(C)C(C)C)cc1. The summed E-state index contributed by atoms with van der Waals surface area (Å²) in [6.07, 6.45) is 2.45. The van der Waals surface area contributed by atoms with Gasteiger partial charge in [-0.25, -0.2) is 0 Å². The van der Waals surface area contributed by atoms with E-state index in [0.29, 0.717) is 12.3 Å². The number of aryl methyl sites for hydroxylation is 2. The summed E-state index contributed by atoms with van der Waals surface area (Å²) in [7, 11) is 0. The van der Waals surface area contributed by atoms with Crippen LogP contribution in [0.15, 0.2) is 24.3 Å². The molecule has 100 valence electrons. The van der Waals surface area contributed by atoms with E-state index in [9.17, 15) is 4.79 Å². The fourth-order valence-electron chi connectivity index (χ4n) is 1.69. The molecule has 0 radical (unpaired) electrons. The van der Waals surface area contributed by atoms with E-state index >= 15 is 0 Å². The third kappa shape index (κ3) is 4.91. The Hall–Kier alpha value is -1.31. The van der Waals surface area contributed by atoms with E-state index in [1.807, 2.05) is 0 Å². The molecular formula is C16H25NO. The second kappa shape index (κ2) is 7.20. The summed E-state index contributed by atoms with van der Waals surface area (Å²) in [4.78, 5) is 11.7. The first-order chi connectivity index (χ1) is 8.52. The number of hydrogen-bond donors (Lipinski definition) is 1. The lowest BCUT2D eigenvalue weighted by atomic mass is 10.0. The fraction of sp³-hybridized carbons (Fsp3) is 0.562. The van der Waals surface area contributed by atoms with Gasteiger partial charge >= 0.3 is 0 Å². The Kier molecular flexibility index (Phi) is 5.90. The van der Waals surface area contributed by atoms with E-state index in [4.69, 9.17) is 0 Å². The first-order valence-corrected chi connectivity index (χ1v) is 6.90. The molecule has 1 rings (SSSR count). The maximum atomic E-state index is 11.7. The largest absolute Gasteiger partial charge is 0.353 e. The number of rotatable bonds is 6. The molecule has 1 aromatic carbocycles. The van der Waals surface area contributed by atoms with E-state index in [1.165, 1.54) is 11.1 Å². The van der Waals surface area contributed by atoms with Gasteiger partial charge in [0.25, 0.3) is 0 Å². The van der Waals surface area contributed by atoms with Crippen LogP contribution in [0, 0.1) is 5.92 Å². The van der Waals surface area contributed by atoms with Gasteiger partial charge in [0.1, 0.15) is 0 Å². The molecule has 1 N–H and O–H groups in total. The third-order valence-electron chi connectivity index (χ3n) is 3.46. The lowest BCUT2D eigenvalue weighted by Crippen LogP contribution is -2.36. The lowest BCUT2D eigenvalue weighted by Gasteiger charge is -2.17. The smallest absolute Gasteiger partial charge is 0.220 e. The van der Waals surface area contributed by atoms with E-state index in [2.05, 4.69) is 57.3 Å². The second-order valence-electron chi connectivity index (χ2n) is 5.27. The first kappa shape index (κ1) is 14.7. The second-order valence-corrected chi connectivity index (χ2v) is 5.27. The molecule has 2 heteroatoms. The normalized spacial score (nSPS) is 12.5. The van der Waals surface area contributed by atoms with Gasteiger partial charge in [-0.15, -0.1) is 0 Å². The molecular weight excluding hydrogens is 222 g/mol. The summed E-state index contributed by atoms with van der Waals surface area (Å²) in [5.74, 6) is 0.633. The van der Waals surface area contributed by atoms with Crippen molar-refractivity contribution in [2.75, 3.05) is 0 Å². The van der Waals surface area contributed by atoms with Crippen LogP contribution in [0.3, 0.4) is 0 Å². The molecule has 0 aliphatic rings. The molecule has 0 heterocycles. The Morgan fingerprint density at radius 3 is 2.17 bits per heavy atom. The number of hydrogen-bond acceptors (Lipinski definition) is 1. The van der Waals surface area contributed by atoms with Crippen LogP contribution in [0.1, 0.15) is 45.2 Å². The summed E-state index contributed by atoms with van der Waals surface area (Å²) in [6.45, 7) is 8.44. The minimum absolute atomic E-state index is 0.149. The van der Waals surface area contributed by atoms with Gasteiger partial charge in [0.2, 0.25) is 5.91 Å². The first-order valence-electron chi connectivity index (χ1n) is 6.90.